The Hall–Kier alpha value is -2.47. The van der Waals surface area contributed by atoms with E-state index in [1.54, 1.807) is 6.07 Å². The van der Waals surface area contributed by atoms with E-state index in [2.05, 4.69) is 22.3 Å². The molecule has 0 bridgehead atoms. The van der Waals surface area contributed by atoms with Gasteiger partial charge in [0.25, 0.3) is 0 Å². The summed E-state index contributed by atoms with van der Waals surface area (Å²) in [7, 11) is 0. The normalized spacial score (nSPS) is 18.0. The van der Waals surface area contributed by atoms with Crippen molar-refractivity contribution in [1.82, 2.24) is 9.88 Å². The first-order valence-electron chi connectivity index (χ1n) is 12.0. The van der Waals surface area contributed by atoms with Gasteiger partial charge in [0.05, 0.1) is 6.42 Å². The zero-order valence-corrected chi connectivity index (χ0v) is 18.7. The van der Waals surface area contributed by atoms with E-state index in [1.807, 2.05) is 6.07 Å². The maximum absolute atomic E-state index is 13.7. The summed E-state index contributed by atoms with van der Waals surface area (Å²) in [4.78, 5) is 18.7. The average molecular weight is 440 g/mol. The molecule has 6 heteroatoms. The number of halogens is 1. The summed E-state index contributed by atoms with van der Waals surface area (Å²) >= 11 is 0. The number of hydrogen-bond donors (Lipinski definition) is 2. The van der Waals surface area contributed by atoms with Gasteiger partial charge in [-0.15, -0.1) is 0 Å². The zero-order chi connectivity index (χ0) is 22.3. The van der Waals surface area contributed by atoms with Crippen LogP contribution >= 0.6 is 0 Å². The maximum atomic E-state index is 13.7. The number of nitrogens with zero attached hydrogens (tertiary/aromatic N) is 2. The van der Waals surface area contributed by atoms with Crippen LogP contribution in [0.15, 0.2) is 36.4 Å². The summed E-state index contributed by atoms with van der Waals surface area (Å²) in [5.41, 5.74) is 3.31. The Morgan fingerprint density at radius 2 is 2.09 bits per heavy atom. The quantitative estimate of drug-likeness (QED) is 0.583. The summed E-state index contributed by atoms with van der Waals surface area (Å²) in [6.07, 6.45) is 7.43. The average Bonchev–Trinajstić information content (AvgIpc) is 2.79. The van der Waals surface area contributed by atoms with Crippen LogP contribution in [0.4, 0.5) is 10.2 Å². The number of rotatable bonds is 9. The predicted octanol–water partition coefficient (Wildman–Crippen LogP) is 4.87. The Kier molecular flexibility index (Phi) is 7.74. The Morgan fingerprint density at radius 3 is 2.88 bits per heavy atom. The van der Waals surface area contributed by atoms with Gasteiger partial charge in [0.2, 0.25) is 0 Å². The van der Waals surface area contributed by atoms with Crippen LogP contribution < -0.4 is 5.32 Å². The largest absolute Gasteiger partial charge is 0.481 e. The van der Waals surface area contributed by atoms with Crippen LogP contribution in [0.3, 0.4) is 0 Å². The van der Waals surface area contributed by atoms with Crippen molar-refractivity contribution in [3.63, 3.8) is 0 Å². The Morgan fingerprint density at radius 1 is 1.25 bits per heavy atom. The van der Waals surface area contributed by atoms with E-state index in [4.69, 9.17) is 4.98 Å². The van der Waals surface area contributed by atoms with Gasteiger partial charge in [-0.2, -0.15) is 0 Å². The smallest absolute Gasteiger partial charge is 0.303 e. The summed E-state index contributed by atoms with van der Waals surface area (Å²) in [6.45, 7) is 4.19. The van der Waals surface area contributed by atoms with Gasteiger partial charge in [-0.25, -0.2) is 9.37 Å². The molecule has 0 saturated carbocycles. The number of aromatic nitrogens is 1. The number of benzene rings is 1. The van der Waals surface area contributed by atoms with Gasteiger partial charge in [-0.1, -0.05) is 18.2 Å². The van der Waals surface area contributed by atoms with Crippen LogP contribution in [0, 0.1) is 11.7 Å². The highest BCUT2D eigenvalue weighted by molar-refractivity contribution is 5.68. The molecule has 0 radical (unpaired) electrons. The fourth-order valence-corrected chi connectivity index (χ4v) is 5.15. The third kappa shape index (κ3) is 6.28. The fourth-order valence-electron chi connectivity index (χ4n) is 5.15. The first-order chi connectivity index (χ1) is 15.6. The number of carboxylic acids is 1. The number of carboxylic acid groups (broad SMARTS) is 1. The predicted molar refractivity (Wildman–Crippen MR) is 125 cm³/mol. The van der Waals surface area contributed by atoms with Crippen molar-refractivity contribution in [3.8, 4) is 0 Å². The number of nitrogens with one attached hydrogen (secondary N) is 1. The standard InChI is InChI=1S/C26H34FN3O2/c27-23-6-1-4-21(17-23)22(18-25(31)32)16-19-10-14-30(15-11-19)13-3-7-24-9-8-20-5-2-12-28-26(20)29-24/h1,4,6,8-9,17,19,22H,2-3,5,7,10-16,18H2,(H,28,29)(H,31,32). The SMILES string of the molecule is O=C(O)CC(CC1CCN(CCCc2ccc3c(n2)NCCC3)CC1)c1cccc(F)c1. The van der Waals surface area contributed by atoms with Gasteiger partial charge in [-0.3, -0.25) is 4.79 Å². The van der Waals surface area contributed by atoms with Crippen LogP contribution in [0.2, 0.25) is 0 Å². The second-order valence-electron chi connectivity index (χ2n) is 9.31. The maximum Gasteiger partial charge on any atom is 0.303 e. The molecule has 2 aliphatic heterocycles. The second kappa shape index (κ2) is 10.9. The minimum Gasteiger partial charge on any atom is -0.481 e. The number of pyridine rings is 1. The molecule has 1 atom stereocenters. The number of carbonyl (C=O) groups is 1. The van der Waals surface area contributed by atoms with E-state index in [0.29, 0.717) is 5.92 Å². The molecule has 1 aromatic heterocycles. The third-order valence-electron chi connectivity index (χ3n) is 6.93. The van der Waals surface area contributed by atoms with E-state index in [-0.39, 0.29) is 18.2 Å². The van der Waals surface area contributed by atoms with Crippen LogP contribution in [0.25, 0.3) is 0 Å². The molecule has 5 nitrogen and oxygen atoms in total. The van der Waals surface area contributed by atoms with E-state index in [9.17, 15) is 14.3 Å². The van der Waals surface area contributed by atoms with Crippen LogP contribution in [0.1, 0.15) is 61.3 Å². The molecule has 1 fully saturated rings. The molecule has 0 aliphatic carbocycles. The molecule has 32 heavy (non-hydrogen) atoms. The van der Waals surface area contributed by atoms with Crippen molar-refractivity contribution >= 4 is 11.8 Å². The molecule has 0 amide bonds. The number of piperidine rings is 1. The lowest BCUT2D eigenvalue weighted by Crippen LogP contribution is -2.35. The van der Waals surface area contributed by atoms with E-state index in [1.165, 1.54) is 29.8 Å². The second-order valence-corrected chi connectivity index (χ2v) is 9.31. The number of aryl methyl sites for hydroxylation is 2. The molecule has 1 unspecified atom stereocenters. The monoisotopic (exact) mass is 439 g/mol. The minimum absolute atomic E-state index is 0.0618. The number of likely N-dealkylation sites (tertiary alicyclic amines) is 1. The fraction of sp³-hybridized carbons (Fsp3) is 0.538. The summed E-state index contributed by atoms with van der Waals surface area (Å²) in [6, 6.07) is 10.8. The molecular weight excluding hydrogens is 405 g/mol. The van der Waals surface area contributed by atoms with Gasteiger partial charge in [0.1, 0.15) is 11.6 Å². The molecule has 2 aromatic rings. The van der Waals surface area contributed by atoms with Crippen LogP contribution in [-0.2, 0) is 17.6 Å². The van der Waals surface area contributed by atoms with E-state index < -0.39 is 5.97 Å². The summed E-state index contributed by atoms with van der Waals surface area (Å²) in [5, 5.41) is 12.7. The first-order valence-corrected chi connectivity index (χ1v) is 12.0. The molecule has 3 heterocycles. The van der Waals surface area contributed by atoms with Crippen molar-refractivity contribution < 1.29 is 14.3 Å². The number of fused-ring (bicyclic) bond motifs is 1. The number of anilines is 1. The lowest BCUT2D eigenvalue weighted by atomic mass is 9.82. The van der Waals surface area contributed by atoms with Gasteiger partial charge in [0.15, 0.2) is 0 Å². The molecule has 1 aromatic carbocycles. The first kappa shape index (κ1) is 22.7. The molecular formula is C26H34FN3O2. The molecule has 1 saturated heterocycles. The van der Waals surface area contributed by atoms with Crippen molar-refractivity contribution in [2.24, 2.45) is 5.92 Å². The Labute approximate surface area is 190 Å². The van der Waals surface area contributed by atoms with Gasteiger partial charge >= 0.3 is 5.97 Å². The zero-order valence-electron chi connectivity index (χ0n) is 18.7. The summed E-state index contributed by atoms with van der Waals surface area (Å²) < 4.78 is 13.7. The molecule has 2 N–H and O–H groups in total. The topological polar surface area (TPSA) is 65.5 Å². The van der Waals surface area contributed by atoms with Gasteiger partial charge in [-0.05, 0) is 106 Å². The van der Waals surface area contributed by atoms with E-state index >= 15 is 0 Å². The van der Waals surface area contributed by atoms with Crippen molar-refractivity contribution in [2.45, 2.75) is 57.3 Å². The molecule has 4 rings (SSSR count). The third-order valence-corrected chi connectivity index (χ3v) is 6.93. The highest BCUT2D eigenvalue weighted by atomic mass is 19.1. The highest BCUT2D eigenvalue weighted by Gasteiger charge is 2.25. The minimum atomic E-state index is -0.817. The molecule has 2 aliphatic rings. The van der Waals surface area contributed by atoms with Gasteiger partial charge in [0, 0.05) is 12.2 Å². The van der Waals surface area contributed by atoms with Gasteiger partial charge < -0.3 is 15.3 Å². The highest BCUT2D eigenvalue weighted by Crippen LogP contribution is 2.32. The molecule has 172 valence electrons. The summed E-state index contributed by atoms with van der Waals surface area (Å²) in [5.74, 6) is 0.332. The van der Waals surface area contributed by atoms with Crippen molar-refractivity contribution in [3.05, 3.63) is 59.0 Å². The lowest BCUT2D eigenvalue weighted by molar-refractivity contribution is -0.137. The van der Waals surface area contributed by atoms with Crippen LogP contribution in [-0.4, -0.2) is 47.1 Å². The number of hydrogen-bond acceptors (Lipinski definition) is 4. The van der Waals surface area contributed by atoms with Crippen molar-refractivity contribution in [2.75, 3.05) is 31.5 Å². The van der Waals surface area contributed by atoms with Crippen molar-refractivity contribution in [1.29, 1.82) is 0 Å². The van der Waals surface area contributed by atoms with Crippen LogP contribution in [0.5, 0.6) is 0 Å². The number of aliphatic carboxylic acids is 1. The van der Waals surface area contributed by atoms with E-state index in [0.717, 1.165) is 76.1 Å². The Bertz CT molecular complexity index is 912. The Balaban J connectivity index is 1.22. The lowest BCUT2D eigenvalue weighted by Gasteiger charge is -2.33. The molecule has 0 spiro atoms.